The van der Waals surface area contributed by atoms with Crippen LogP contribution in [0.4, 0.5) is 11.5 Å². The third kappa shape index (κ3) is 4.15. The number of nitrogens with one attached hydrogen (secondary N) is 1. The van der Waals surface area contributed by atoms with Crippen molar-refractivity contribution in [2.24, 2.45) is 0 Å². The number of carbonyl (C=O) groups excluding carboxylic acids is 1. The average Bonchev–Trinajstić information content (AvgIpc) is 3.32. The predicted octanol–water partition coefficient (Wildman–Crippen LogP) is 2.53. The van der Waals surface area contributed by atoms with Gasteiger partial charge in [0.1, 0.15) is 5.82 Å². The molecule has 0 fully saturated rings. The molecule has 0 saturated heterocycles. The maximum Gasteiger partial charge on any atom is 0.256 e. The fourth-order valence-electron chi connectivity index (χ4n) is 3.44. The van der Waals surface area contributed by atoms with E-state index in [1.807, 2.05) is 26.8 Å². The highest BCUT2D eigenvalue weighted by Gasteiger charge is 2.27. The second-order valence-corrected chi connectivity index (χ2v) is 10.4. The van der Waals surface area contributed by atoms with Crippen LogP contribution < -0.4 is 9.62 Å². The van der Waals surface area contributed by atoms with E-state index >= 15 is 0 Å². The van der Waals surface area contributed by atoms with Gasteiger partial charge in [-0.2, -0.15) is 9.78 Å². The molecule has 0 unspecified atom stereocenters. The van der Waals surface area contributed by atoms with Gasteiger partial charge in [0.15, 0.2) is 0 Å². The van der Waals surface area contributed by atoms with E-state index in [9.17, 15) is 13.2 Å². The summed E-state index contributed by atoms with van der Waals surface area (Å²) in [6.45, 7) is 6.48. The Hall–Kier alpha value is -3.27. The third-order valence-electron chi connectivity index (χ3n) is 5.06. The Morgan fingerprint density at radius 3 is 2.48 bits per heavy atom. The van der Waals surface area contributed by atoms with Gasteiger partial charge in [0.2, 0.25) is 10.0 Å². The number of carbonyl (C=O) groups is 1. The first-order chi connectivity index (χ1) is 14.5. The number of benzene rings is 1. The van der Waals surface area contributed by atoms with Crippen molar-refractivity contribution >= 4 is 27.4 Å². The van der Waals surface area contributed by atoms with Gasteiger partial charge >= 0.3 is 0 Å². The average molecular weight is 441 g/mol. The zero-order chi connectivity index (χ0) is 22.4. The molecule has 10 heteroatoms. The number of aromatic nitrogens is 4. The minimum absolute atomic E-state index is 0.234. The van der Waals surface area contributed by atoms with E-state index in [0.717, 1.165) is 11.3 Å². The fourth-order valence-corrected chi connectivity index (χ4v) is 4.39. The molecule has 0 saturated carbocycles. The SMILES string of the molecule is CC(C)(C)c1cc(NC(=O)c2ccc3c(c2)CCN3S(C)(=O)=O)n(-c2ncccn2)n1. The summed E-state index contributed by atoms with van der Waals surface area (Å²) in [5, 5.41) is 7.50. The monoisotopic (exact) mass is 440 g/mol. The standard InChI is InChI=1S/C21H24N6O3S/c1-21(2,3)17-13-18(27(25-17)20-22-9-5-10-23-20)24-19(28)15-6-7-16-14(12-15)8-11-26(16)31(4,29)30/h5-7,9-10,12-13H,8,11H2,1-4H3,(H,24,28). The second-order valence-electron chi connectivity index (χ2n) is 8.51. The van der Waals surface area contributed by atoms with Crippen LogP contribution >= 0.6 is 0 Å². The van der Waals surface area contributed by atoms with Crippen LogP contribution in [0.5, 0.6) is 0 Å². The molecule has 1 aromatic carbocycles. The molecule has 0 atom stereocenters. The molecular formula is C21H24N6O3S. The number of sulfonamides is 1. The summed E-state index contributed by atoms with van der Waals surface area (Å²) in [6, 6.07) is 8.56. The highest BCUT2D eigenvalue weighted by molar-refractivity contribution is 7.92. The maximum absolute atomic E-state index is 13.0. The van der Waals surface area contributed by atoms with E-state index in [-0.39, 0.29) is 11.3 Å². The molecule has 0 aliphatic carbocycles. The summed E-state index contributed by atoms with van der Waals surface area (Å²) in [5.74, 6) is 0.489. The lowest BCUT2D eigenvalue weighted by Gasteiger charge is -2.16. The predicted molar refractivity (Wildman–Crippen MR) is 118 cm³/mol. The molecule has 1 aliphatic rings. The van der Waals surface area contributed by atoms with Gasteiger partial charge in [0.05, 0.1) is 17.6 Å². The number of hydrogen-bond acceptors (Lipinski definition) is 6. The van der Waals surface area contributed by atoms with E-state index in [2.05, 4.69) is 20.4 Å². The number of rotatable bonds is 4. The summed E-state index contributed by atoms with van der Waals surface area (Å²) in [4.78, 5) is 21.5. The van der Waals surface area contributed by atoms with Gasteiger partial charge in [-0.3, -0.25) is 9.10 Å². The Kier molecular flexibility index (Phi) is 5.04. The smallest absolute Gasteiger partial charge is 0.256 e. The lowest BCUT2D eigenvalue weighted by atomic mass is 9.92. The van der Waals surface area contributed by atoms with Gasteiger partial charge in [0.25, 0.3) is 11.9 Å². The minimum atomic E-state index is -3.34. The van der Waals surface area contributed by atoms with Crippen LogP contribution in [0.1, 0.15) is 42.4 Å². The first-order valence-corrected chi connectivity index (χ1v) is 11.7. The van der Waals surface area contributed by atoms with Crippen LogP contribution in [-0.4, -0.2) is 46.9 Å². The van der Waals surface area contributed by atoms with Crippen molar-refractivity contribution in [2.45, 2.75) is 32.6 Å². The number of hydrogen-bond donors (Lipinski definition) is 1. The summed E-state index contributed by atoms with van der Waals surface area (Å²) >= 11 is 0. The number of amides is 1. The first kappa shape index (κ1) is 21.0. The lowest BCUT2D eigenvalue weighted by Crippen LogP contribution is -2.27. The Morgan fingerprint density at radius 1 is 1.13 bits per heavy atom. The molecule has 1 aliphatic heterocycles. The Bertz CT molecular complexity index is 1250. The van der Waals surface area contributed by atoms with Gasteiger partial charge in [-0.1, -0.05) is 20.8 Å². The van der Waals surface area contributed by atoms with E-state index in [0.29, 0.717) is 36.0 Å². The molecule has 4 rings (SSSR count). The largest absolute Gasteiger partial charge is 0.306 e. The van der Waals surface area contributed by atoms with Gasteiger partial charge in [-0.05, 0) is 36.2 Å². The molecule has 2 aromatic heterocycles. The van der Waals surface area contributed by atoms with Crippen molar-refractivity contribution in [1.82, 2.24) is 19.7 Å². The van der Waals surface area contributed by atoms with Crippen molar-refractivity contribution in [2.75, 3.05) is 22.4 Å². The van der Waals surface area contributed by atoms with Gasteiger partial charge in [-0.15, -0.1) is 0 Å². The Balaban J connectivity index is 1.66. The van der Waals surface area contributed by atoms with Crippen LogP contribution in [0.2, 0.25) is 0 Å². The highest BCUT2D eigenvalue weighted by atomic mass is 32.2. The topological polar surface area (TPSA) is 110 Å². The van der Waals surface area contributed by atoms with Gasteiger partial charge in [0, 0.05) is 36.0 Å². The maximum atomic E-state index is 13.0. The molecule has 162 valence electrons. The van der Waals surface area contributed by atoms with E-state index in [1.165, 1.54) is 15.2 Å². The fraction of sp³-hybridized carbons (Fsp3) is 0.333. The molecule has 9 nitrogen and oxygen atoms in total. The number of anilines is 2. The summed E-state index contributed by atoms with van der Waals surface area (Å²) in [6.07, 6.45) is 4.97. The van der Waals surface area contributed by atoms with Crippen LogP contribution in [0.25, 0.3) is 5.95 Å². The van der Waals surface area contributed by atoms with E-state index in [1.54, 1.807) is 36.7 Å². The summed E-state index contributed by atoms with van der Waals surface area (Å²) in [7, 11) is -3.34. The van der Waals surface area contributed by atoms with Gasteiger partial charge in [-0.25, -0.2) is 18.4 Å². The van der Waals surface area contributed by atoms with Gasteiger partial charge < -0.3 is 5.32 Å². The molecule has 0 radical (unpaired) electrons. The molecule has 1 amide bonds. The second kappa shape index (κ2) is 7.45. The van der Waals surface area contributed by atoms with Crippen LogP contribution in [0.15, 0.2) is 42.7 Å². The van der Waals surface area contributed by atoms with Crippen LogP contribution in [0, 0.1) is 0 Å². The third-order valence-corrected chi connectivity index (χ3v) is 6.24. The zero-order valence-corrected chi connectivity index (χ0v) is 18.6. The number of nitrogens with zero attached hydrogens (tertiary/aromatic N) is 5. The molecule has 3 aromatic rings. The number of fused-ring (bicyclic) bond motifs is 1. The van der Waals surface area contributed by atoms with Crippen molar-refractivity contribution in [3.63, 3.8) is 0 Å². The van der Waals surface area contributed by atoms with Crippen molar-refractivity contribution < 1.29 is 13.2 Å². The Morgan fingerprint density at radius 2 is 1.84 bits per heavy atom. The highest BCUT2D eigenvalue weighted by Crippen LogP contribution is 2.31. The normalized spacial score (nSPS) is 13.9. The zero-order valence-electron chi connectivity index (χ0n) is 17.8. The van der Waals surface area contributed by atoms with Crippen molar-refractivity contribution in [3.05, 3.63) is 59.5 Å². The minimum Gasteiger partial charge on any atom is -0.306 e. The molecule has 0 spiro atoms. The molecule has 31 heavy (non-hydrogen) atoms. The molecule has 1 N–H and O–H groups in total. The molecule has 0 bridgehead atoms. The first-order valence-electron chi connectivity index (χ1n) is 9.84. The van der Waals surface area contributed by atoms with Crippen molar-refractivity contribution in [1.29, 1.82) is 0 Å². The summed E-state index contributed by atoms with van der Waals surface area (Å²) in [5.41, 5.74) is 2.44. The van der Waals surface area contributed by atoms with E-state index < -0.39 is 10.0 Å². The Labute approximate surface area is 181 Å². The van der Waals surface area contributed by atoms with Crippen LogP contribution in [0.3, 0.4) is 0 Å². The van der Waals surface area contributed by atoms with E-state index in [4.69, 9.17) is 0 Å². The lowest BCUT2D eigenvalue weighted by molar-refractivity contribution is 0.102. The molecular weight excluding hydrogens is 416 g/mol. The quantitative estimate of drug-likeness (QED) is 0.668. The van der Waals surface area contributed by atoms with Crippen molar-refractivity contribution in [3.8, 4) is 5.95 Å². The van der Waals surface area contributed by atoms with Crippen LogP contribution in [-0.2, 0) is 21.9 Å². The summed E-state index contributed by atoms with van der Waals surface area (Å²) < 4.78 is 26.7. The molecule has 3 heterocycles.